The number of fused-ring (bicyclic) bond motifs is 1. The smallest absolute Gasteiger partial charge is 0.408 e. The summed E-state index contributed by atoms with van der Waals surface area (Å²) < 4.78 is 11.1. The second kappa shape index (κ2) is 6.36. The van der Waals surface area contributed by atoms with Crippen molar-refractivity contribution in [2.45, 2.75) is 32.9 Å². The Morgan fingerprint density at radius 1 is 1.36 bits per heavy atom. The van der Waals surface area contributed by atoms with Gasteiger partial charge in [0.15, 0.2) is 5.82 Å². The minimum Gasteiger partial charge on any atom is -0.444 e. The molecule has 25 heavy (non-hydrogen) atoms. The number of aromatic amines is 2. The van der Waals surface area contributed by atoms with Gasteiger partial charge in [-0.1, -0.05) is 21.1 Å². The first-order valence-corrected chi connectivity index (χ1v) is 8.22. The molecule has 0 aliphatic rings. The third kappa shape index (κ3) is 4.08. The zero-order valence-electron chi connectivity index (χ0n) is 13.8. The molecule has 0 aliphatic heterocycles. The molecular weight excluding hydrogens is 394 g/mol. The van der Waals surface area contributed by atoms with Gasteiger partial charge in [-0.2, -0.15) is 4.98 Å². The van der Waals surface area contributed by atoms with E-state index in [2.05, 4.69) is 41.4 Å². The SMILES string of the molecule is CC(C)(C)OC(=O)NCc1noc(-c2cc(Br)cc3[nH]c(=O)[nH]c23)n1. The number of nitrogens with zero attached hydrogens (tertiary/aromatic N) is 2. The number of H-pyrrole nitrogens is 2. The van der Waals surface area contributed by atoms with Crippen LogP contribution in [0.2, 0.25) is 0 Å². The van der Waals surface area contributed by atoms with Gasteiger partial charge in [-0.25, -0.2) is 9.59 Å². The zero-order valence-corrected chi connectivity index (χ0v) is 15.4. The number of aromatic nitrogens is 4. The van der Waals surface area contributed by atoms with E-state index >= 15 is 0 Å². The second-order valence-corrected chi connectivity index (χ2v) is 7.24. The van der Waals surface area contributed by atoms with Gasteiger partial charge in [0.05, 0.1) is 23.1 Å². The zero-order chi connectivity index (χ0) is 18.2. The van der Waals surface area contributed by atoms with Crippen molar-refractivity contribution < 1.29 is 14.1 Å². The van der Waals surface area contributed by atoms with Gasteiger partial charge >= 0.3 is 11.8 Å². The molecule has 132 valence electrons. The average Bonchev–Trinajstić information content (AvgIpc) is 3.08. The number of nitrogens with one attached hydrogen (secondary N) is 3. The van der Waals surface area contributed by atoms with Crippen LogP contribution >= 0.6 is 15.9 Å². The lowest BCUT2D eigenvalue weighted by Gasteiger charge is -2.19. The number of ether oxygens (including phenoxy) is 1. The molecule has 1 amide bonds. The fraction of sp³-hybridized carbons (Fsp3) is 0.333. The van der Waals surface area contributed by atoms with Crippen LogP contribution in [0.1, 0.15) is 26.6 Å². The van der Waals surface area contributed by atoms with E-state index in [1.165, 1.54) is 0 Å². The predicted molar refractivity (Wildman–Crippen MR) is 93.0 cm³/mol. The highest BCUT2D eigenvalue weighted by Crippen LogP contribution is 2.28. The van der Waals surface area contributed by atoms with Crippen LogP contribution in [-0.4, -0.2) is 31.8 Å². The van der Waals surface area contributed by atoms with Gasteiger partial charge in [0.25, 0.3) is 5.89 Å². The van der Waals surface area contributed by atoms with E-state index in [0.717, 1.165) is 4.47 Å². The van der Waals surface area contributed by atoms with Crippen LogP contribution in [-0.2, 0) is 11.3 Å². The Kier molecular flexibility index (Phi) is 4.38. The molecule has 3 aromatic rings. The summed E-state index contributed by atoms with van der Waals surface area (Å²) in [5.41, 5.74) is 0.818. The van der Waals surface area contributed by atoms with Gasteiger partial charge in [0.1, 0.15) is 5.60 Å². The number of amides is 1. The van der Waals surface area contributed by atoms with Crippen LogP contribution in [0, 0.1) is 0 Å². The fourth-order valence-electron chi connectivity index (χ4n) is 2.18. The second-order valence-electron chi connectivity index (χ2n) is 6.33. The third-order valence-electron chi connectivity index (χ3n) is 3.08. The number of halogens is 1. The molecule has 0 unspecified atom stereocenters. The molecule has 0 spiro atoms. The summed E-state index contributed by atoms with van der Waals surface area (Å²) in [4.78, 5) is 32.8. The Morgan fingerprint density at radius 3 is 2.84 bits per heavy atom. The van der Waals surface area contributed by atoms with Crippen LogP contribution in [0.4, 0.5) is 4.79 Å². The van der Waals surface area contributed by atoms with Crippen LogP contribution in [0.3, 0.4) is 0 Å². The number of carbonyl (C=O) groups excluding carboxylic acids is 1. The van der Waals surface area contributed by atoms with Crippen molar-refractivity contribution in [1.29, 1.82) is 0 Å². The lowest BCUT2D eigenvalue weighted by Crippen LogP contribution is -2.32. The van der Waals surface area contributed by atoms with Gasteiger partial charge in [-0.05, 0) is 32.9 Å². The van der Waals surface area contributed by atoms with Gasteiger partial charge in [0.2, 0.25) is 0 Å². The molecule has 0 bridgehead atoms. The van der Waals surface area contributed by atoms with Crippen LogP contribution in [0.25, 0.3) is 22.5 Å². The highest BCUT2D eigenvalue weighted by atomic mass is 79.9. The first kappa shape index (κ1) is 17.2. The van der Waals surface area contributed by atoms with E-state index < -0.39 is 11.7 Å². The molecular formula is C15H16BrN5O4. The van der Waals surface area contributed by atoms with Crippen LogP contribution in [0.15, 0.2) is 25.9 Å². The van der Waals surface area contributed by atoms with Crippen molar-refractivity contribution in [3.05, 3.63) is 32.9 Å². The number of imidazole rings is 1. The Hall–Kier alpha value is -2.62. The first-order valence-electron chi connectivity index (χ1n) is 7.42. The summed E-state index contributed by atoms with van der Waals surface area (Å²) >= 11 is 3.37. The number of hydrogen-bond donors (Lipinski definition) is 3. The molecule has 0 atom stereocenters. The molecule has 2 heterocycles. The van der Waals surface area contributed by atoms with Crippen molar-refractivity contribution in [3.8, 4) is 11.5 Å². The first-order chi connectivity index (χ1) is 11.7. The molecule has 0 aliphatic carbocycles. The predicted octanol–water partition coefficient (Wildman–Crippen LogP) is 2.69. The number of alkyl carbamates (subject to hydrolysis) is 1. The molecule has 3 N–H and O–H groups in total. The maximum Gasteiger partial charge on any atom is 0.408 e. The van der Waals surface area contributed by atoms with E-state index in [-0.39, 0.29) is 23.9 Å². The lowest BCUT2D eigenvalue weighted by atomic mass is 10.2. The minimum atomic E-state index is -0.589. The Morgan fingerprint density at radius 2 is 2.12 bits per heavy atom. The van der Waals surface area contributed by atoms with E-state index in [1.807, 2.05) is 0 Å². The molecule has 9 nitrogen and oxygen atoms in total. The topological polar surface area (TPSA) is 126 Å². The van der Waals surface area contributed by atoms with Gasteiger partial charge < -0.3 is 24.5 Å². The molecule has 10 heteroatoms. The van der Waals surface area contributed by atoms with Crippen molar-refractivity contribution >= 4 is 33.1 Å². The molecule has 0 fully saturated rings. The van der Waals surface area contributed by atoms with E-state index in [4.69, 9.17) is 9.26 Å². The summed E-state index contributed by atoms with van der Waals surface area (Å²) in [6.07, 6.45) is -0.571. The van der Waals surface area contributed by atoms with Crippen LogP contribution < -0.4 is 11.0 Å². The van der Waals surface area contributed by atoms with Gasteiger partial charge in [-0.3, -0.25) is 0 Å². The molecule has 1 aromatic carbocycles. The molecule has 3 rings (SSSR count). The molecule has 0 saturated heterocycles. The van der Waals surface area contributed by atoms with E-state index in [0.29, 0.717) is 16.6 Å². The Bertz CT molecular complexity index is 982. The average molecular weight is 410 g/mol. The lowest BCUT2D eigenvalue weighted by molar-refractivity contribution is 0.0522. The molecule has 0 radical (unpaired) electrons. The third-order valence-corrected chi connectivity index (χ3v) is 3.54. The standard InChI is InChI=1S/C15H16BrN5O4/c1-15(2,3)24-14(23)17-6-10-19-12(25-21-10)8-4-7(16)5-9-11(8)20-13(22)18-9/h4-5H,6H2,1-3H3,(H,17,23)(H2,18,20,22). The van der Waals surface area contributed by atoms with Crippen molar-refractivity contribution in [3.63, 3.8) is 0 Å². The maximum atomic E-state index is 11.7. The van der Waals surface area contributed by atoms with Crippen molar-refractivity contribution in [2.24, 2.45) is 0 Å². The van der Waals surface area contributed by atoms with Gasteiger partial charge in [0, 0.05) is 4.47 Å². The van der Waals surface area contributed by atoms with E-state index in [1.54, 1.807) is 32.9 Å². The quantitative estimate of drug-likeness (QED) is 0.610. The van der Waals surface area contributed by atoms with Crippen molar-refractivity contribution in [1.82, 2.24) is 25.4 Å². The summed E-state index contributed by atoms with van der Waals surface area (Å²) in [6.45, 7) is 5.37. The maximum absolute atomic E-state index is 11.7. The Labute approximate surface area is 150 Å². The number of benzene rings is 1. The number of hydrogen-bond acceptors (Lipinski definition) is 6. The summed E-state index contributed by atoms with van der Waals surface area (Å²) in [7, 11) is 0. The minimum absolute atomic E-state index is 0.0548. The summed E-state index contributed by atoms with van der Waals surface area (Å²) in [5, 5.41) is 6.38. The van der Waals surface area contributed by atoms with Gasteiger partial charge in [-0.15, -0.1) is 0 Å². The van der Waals surface area contributed by atoms with Crippen LogP contribution in [0.5, 0.6) is 0 Å². The largest absolute Gasteiger partial charge is 0.444 e. The fourth-order valence-corrected chi connectivity index (χ4v) is 2.63. The molecule has 0 saturated carbocycles. The number of rotatable bonds is 3. The molecule has 2 aromatic heterocycles. The monoisotopic (exact) mass is 409 g/mol. The highest BCUT2D eigenvalue weighted by Gasteiger charge is 2.18. The normalized spacial score (nSPS) is 11.7. The highest BCUT2D eigenvalue weighted by molar-refractivity contribution is 9.10. The van der Waals surface area contributed by atoms with Crippen molar-refractivity contribution in [2.75, 3.05) is 0 Å². The van der Waals surface area contributed by atoms with E-state index in [9.17, 15) is 9.59 Å². The summed E-state index contributed by atoms with van der Waals surface area (Å²) in [6, 6.07) is 3.52. The number of carbonyl (C=O) groups is 1. The Balaban J connectivity index is 1.80. The summed E-state index contributed by atoms with van der Waals surface area (Å²) in [5.74, 6) is 0.509.